The Morgan fingerprint density at radius 1 is 1.63 bits per heavy atom. The van der Waals surface area contributed by atoms with E-state index in [9.17, 15) is 0 Å². The predicted molar refractivity (Wildman–Crippen MR) is 74.9 cm³/mol. The number of nitrogens with one attached hydrogen (secondary N) is 1. The molecule has 6 heteroatoms. The quantitative estimate of drug-likeness (QED) is 0.822. The molecular weight excluding hydrogens is 262 g/mol. The first-order valence-electron chi connectivity index (χ1n) is 6.65. The number of imidazole rings is 1. The second-order valence-electron chi connectivity index (χ2n) is 4.82. The largest absolute Gasteiger partial charge is 0.480 e. The molecule has 0 spiro atoms. The number of methoxy groups -OCH3 is 1. The highest BCUT2D eigenvalue weighted by Crippen LogP contribution is 2.23. The van der Waals surface area contributed by atoms with Gasteiger partial charge in [-0.05, 0) is 25.3 Å². The molecule has 1 atom stereocenters. The van der Waals surface area contributed by atoms with Gasteiger partial charge in [0.05, 0.1) is 7.11 Å². The second kappa shape index (κ2) is 5.90. The Bertz CT molecular complexity index is 531. The molecule has 0 amide bonds. The first-order valence-corrected chi connectivity index (χ1v) is 7.53. The average Bonchev–Trinajstić information content (AvgIpc) is 3.12. The zero-order valence-corrected chi connectivity index (χ0v) is 11.9. The topological polar surface area (TPSA) is 47.8 Å². The van der Waals surface area contributed by atoms with Gasteiger partial charge < -0.3 is 14.8 Å². The molecule has 104 valence electrons. The molecule has 2 aromatic heterocycles. The molecule has 1 N–H and O–H groups in total. The van der Waals surface area contributed by atoms with Crippen LogP contribution in [0.3, 0.4) is 0 Å². The molecule has 1 saturated heterocycles. The van der Waals surface area contributed by atoms with Crippen molar-refractivity contribution in [3.63, 3.8) is 0 Å². The highest BCUT2D eigenvalue weighted by Gasteiger charge is 2.16. The lowest BCUT2D eigenvalue weighted by Crippen LogP contribution is -2.19. The number of nitrogens with zero attached hydrogens (tertiary/aromatic N) is 2. The molecule has 1 aliphatic heterocycles. The van der Waals surface area contributed by atoms with Crippen LogP contribution in [0.25, 0.3) is 4.96 Å². The van der Waals surface area contributed by atoms with E-state index in [4.69, 9.17) is 9.47 Å². The molecule has 0 saturated carbocycles. The minimum atomic E-state index is 0.723. The molecular formula is C13H19N3O2S. The highest BCUT2D eigenvalue weighted by atomic mass is 32.1. The fourth-order valence-corrected chi connectivity index (χ4v) is 3.19. The van der Waals surface area contributed by atoms with Crippen LogP contribution in [0.5, 0.6) is 5.88 Å². The van der Waals surface area contributed by atoms with Crippen molar-refractivity contribution < 1.29 is 9.47 Å². The van der Waals surface area contributed by atoms with Crippen LogP contribution in [0.4, 0.5) is 0 Å². The maximum Gasteiger partial charge on any atom is 0.237 e. The summed E-state index contributed by atoms with van der Waals surface area (Å²) in [6.45, 7) is 3.65. The molecule has 1 unspecified atom stereocenters. The summed E-state index contributed by atoms with van der Waals surface area (Å²) < 4.78 is 12.8. The lowest BCUT2D eigenvalue weighted by molar-refractivity contribution is 0.184. The highest BCUT2D eigenvalue weighted by molar-refractivity contribution is 7.15. The molecule has 2 aromatic rings. The lowest BCUT2D eigenvalue weighted by atomic mass is 10.1. The van der Waals surface area contributed by atoms with Crippen molar-refractivity contribution in [3.05, 3.63) is 17.3 Å². The third-order valence-corrected chi connectivity index (χ3v) is 4.32. The number of aromatic nitrogens is 2. The summed E-state index contributed by atoms with van der Waals surface area (Å²) in [6, 6.07) is 0. The monoisotopic (exact) mass is 281 g/mol. The first-order chi connectivity index (χ1) is 9.38. The van der Waals surface area contributed by atoms with E-state index in [2.05, 4.69) is 14.7 Å². The summed E-state index contributed by atoms with van der Waals surface area (Å²) >= 11 is 1.62. The standard InChI is InChI=1S/C13H19N3O2S/c1-17-12-11(16-5-7-19-13(16)15-12)8-14-4-2-10-3-6-18-9-10/h5,7,10,14H,2-4,6,8-9H2,1H3. The van der Waals surface area contributed by atoms with Crippen molar-refractivity contribution in [3.8, 4) is 5.88 Å². The SMILES string of the molecule is COc1nc2sccn2c1CNCCC1CCOC1. The molecule has 1 aliphatic rings. The fourth-order valence-electron chi connectivity index (χ4n) is 2.46. The van der Waals surface area contributed by atoms with E-state index < -0.39 is 0 Å². The summed E-state index contributed by atoms with van der Waals surface area (Å²) in [4.78, 5) is 5.43. The third kappa shape index (κ3) is 2.75. The third-order valence-electron chi connectivity index (χ3n) is 3.56. The van der Waals surface area contributed by atoms with Crippen LogP contribution < -0.4 is 10.1 Å². The van der Waals surface area contributed by atoms with E-state index in [0.29, 0.717) is 0 Å². The fraction of sp³-hybridized carbons (Fsp3) is 0.615. The van der Waals surface area contributed by atoms with Crippen LogP contribution in [-0.4, -0.2) is 36.3 Å². The number of hydrogen-bond acceptors (Lipinski definition) is 5. The number of ether oxygens (including phenoxy) is 2. The molecule has 0 bridgehead atoms. The van der Waals surface area contributed by atoms with E-state index in [1.807, 2.05) is 11.6 Å². The minimum absolute atomic E-state index is 0.723. The van der Waals surface area contributed by atoms with E-state index in [0.717, 1.165) is 48.8 Å². The van der Waals surface area contributed by atoms with Gasteiger partial charge in [-0.1, -0.05) is 0 Å². The molecule has 3 heterocycles. The second-order valence-corrected chi connectivity index (χ2v) is 5.69. The molecule has 19 heavy (non-hydrogen) atoms. The van der Waals surface area contributed by atoms with Gasteiger partial charge in [-0.2, -0.15) is 4.98 Å². The number of thiazole rings is 1. The minimum Gasteiger partial charge on any atom is -0.480 e. The number of hydrogen-bond donors (Lipinski definition) is 1. The van der Waals surface area contributed by atoms with Gasteiger partial charge in [0, 0.05) is 31.3 Å². The van der Waals surface area contributed by atoms with E-state index in [-0.39, 0.29) is 0 Å². The number of fused-ring (bicyclic) bond motifs is 1. The normalized spacial score (nSPS) is 19.3. The summed E-state index contributed by atoms with van der Waals surface area (Å²) in [5, 5.41) is 5.52. The van der Waals surface area contributed by atoms with Gasteiger partial charge in [0.15, 0.2) is 4.96 Å². The first kappa shape index (κ1) is 12.9. The Kier molecular flexibility index (Phi) is 4.00. The summed E-state index contributed by atoms with van der Waals surface area (Å²) in [6.07, 6.45) is 4.41. The Balaban J connectivity index is 1.56. The van der Waals surface area contributed by atoms with Gasteiger partial charge >= 0.3 is 0 Å². The summed E-state index contributed by atoms with van der Waals surface area (Å²) in [5.74, 6) is 1.45. The molecule has 0 aliphatic carbocycles. The van der Waals surface area contributed by atoms with Crippen molar-refractivity contribution >= 4 is 16.3 Å². The van der Waals surface area contributed by atoms with Crippen molar-refractivity contribution in [2.45, 2.75) is 19.4 Å². The maximum absolute atomic E-state index is 5.38. The molecule has 0 aromatic carbocycles. The average molecular weight is 281 g/mol. The van der Waals surface area contributed by atoms with Crippen molar-refractivity contribution in [2.24, 2.45) is 5.92 Å². The zero-order chi connectivity index (χ0) is 13.1. The maximum atomic E-state index is 5.38. The van der Waals surface area contributed by atoms with Crippen LogP contribution in [0.15, 0.2) is 11.6 Å². The molecule has 5 nitrogen and oxygen atoms in total. The lowest BCUT2D eigenvalue weighted by Gasteiger charge is -2.09. The van der Waals surface area contributed by atoms with Gasteiger partial charge in [0.1, 0.15) is 5.69 Å². The summed E-state index contributed by atoms with van der Waals surface area (Å²) in [7, 11) is 1.67. The van der Waals surface area contributed by atoms with Crippen LogP contribution >= 0.6 is 11.3 Å². The van der Waals surface area contributed by atoms with Crippen LogP contribution in [0, 0.1) is 5.92 Å². The smallest absolute Gasteiger partial charge is 0.237 e. The number of rotatable bonds is 6. The van der Waals surface area contributed by atoms with Crippen molar-refractivity contribution in [1.82, 2.24) is 14.7 Å². The molecule has 0 radical (unpaired) electrons. The molecule has 3 rings (SSSR count). The van der Waals surface area contributed by atoms with Gasteiger partial charge in [0.25, 0.3) is 0 Å². The Morgan fingerprint density at radius 3 is 3.37 bits per heavy atom. The van der Waals surface area contributed by atoms with Crippen LogP contribution in [0.1, 0.15) is 18.5 Å². The Hall–Kier alpha value is -1.11. The van der Waals surface area contributed by atoms with E-state index in [1.165, 1.54) is 12.8 Å². The van der Waals surface area contributed by atoms with Gasteiger partial charge in [-0.15, -0.1) is 11.3 Å². The van der Waals surface area contributed by atoms with E-state index >= 15 is 0 Å². The van der Waals surface area contributed by atoms with Crippen LogP contribution in [0.2, 0.25) is 0 Å². The van der Waals surface area contributed by atoms with E-state index in [1.54, 1.807) is 18.4 Å². The Labute approximate surface area is 116 Å². The molecule has 1 fully saturated rings. The van der Waals surface area contributed by atoms with Crippen LogP contribution in [-0.2, 0) is 11.3 Å². The van der Waals surface area contributed by atoms with Crippen molar-refractivity contribution in [2.75, 3.05) is 26.9 Å². The summed E-state index contributed by atoms with van der Waals surface area (Å²) in [5.41, 5.74) is 1.10. The van der Waals surface area contributed by atoms with Crippen molar-refractivity contribution in [1.29, 1.82) is 0 Å². The zero-order valence-electron chi connectivity index (χ0n) is 11.1. The van der Waals surface area contributed by atoms with Gasteiger partial charge in [-0.3, -0.25) is 4.40 Å². The predicted octanol–water partition coefficient (Wildman–Crippen LogP) is 1.92. The Morgan fingerprint density at radius 2 is 2.58 bits per heavy atom. The van der Waals surface area contributed by atoms with Gasteiger partial charge in [-0.25, -0.2) is 0 Å². The van der Waals surface area contributed by atoms with Gasteiger partial charge in [0.2, 0.25) is 5.88 Å².